The van der Waals surface area contributed by atoms with Crippen molar-refractivity contribution < 1.29 is 0 Å². The zero-order valence-electron chi connectivity index (χ0n) is 19.2. The highest BCUT2D eigenvalue weighted by Crippen LogP contribution is 2.57. The monoisotopic (exact) mass is 480 g/mol. The molecule has 3 heterocycles. The molecule has 0 N–H and O–H groups in total. The van der Waals surface area contributed by atoms with Crippen molar-refractivity contribution in [3.8, 4) is 41.1 Å². The average molecular weight is 481 g/mol. The highest BCUT2D eigenvalue weighted by atomic mass is 32.1. The minimum absolute atomic E-state index is 0.460. The van der Waals surface area contributed by atoms with E-state index in [2.05, 4.69) is 88.4 Å². The molecule has 0 amide bonds. The van der Waals surface area contributed by atoms with Crippen LogP contribution in [0.25, 0.3) is 41.1 Å². The van der Waals surface area contributed by atoms with Crippen LogP contribution >= 0.6 is 34.0 Å². The van der Waals surface area contributed by atoms with E-state index in [4.69, 9.17) is 0 Å². The number of benzene rings is 2. The fourth-order valence-electron chi connectivity index (χ4n) is 5.55. The summed E-state index contributed by atoms with van der Waals surface area (Å²) in [5.74, 6) is 0.959. The van der Waals surface area contributed by atoms with Crippen LogP contribution in [0.5, 0.6) is 0 Å². The Labute approximate surface area is 207 Å². The molecule has 2 aliphatic carbocycles. The van der Waals surface area contributed by atoms with Crippen molar-refractivity contribution in [2.24, 2.45) is 0 Å². The molecule has 33 heavy (non-hydrogen) atoms. The summed E-state index contributed by atoms with van der Waals surface area (Å²) in [6.07, 6.45) is 0. The van der Waals surface area contributed by atoms with Crippen LogP contribution in [0.4, 0.5) is 0 Å². The van der Waals surface area contributed by atoms with Crippen LogP contribution in [0.1, 0.15) is 58.4 Å². The Bertz CT molecular complexity index is 1550. The van der Waals surface area contributed by atoms with Gasteiger partial charge in [0.1, 0.15) is 0 Å². The number of hydrogen-bond donors (Lipinski definition) is 0. The quantitative estimate of drug-likeness (QED) is 0.236. The zero-order chi connectivity index (χ0) is 22.4. The fraction of sp³-hybridized carbons (Fsp3) is 0.200. The first-order valence-electron chi connectivity index (χ1n) is 11.6. The molecular weight excluding hydrogens is 457 g/mol. The number of rotatable bonds is 2. The Kier molecular flexibility index (Phi) is 4.25. The van der Waals surface area contributed by atoms with E-state index < -0.39 is 0 Å². The minimum Gasteiger partial charge on any atom is -0.140 e. The van der Waals surface area contributed by atoms with E-state index in [9.17, 15) is 0 Å². The summed E-state index contributed by atoms with van der Waals surface area (Å²) >= 11 is 5.85. The number of aryl methyl sites for hydroxylation is 2. The summed E-state index contributed by atoms with van der Waals surface area (Å²) in [7, 11) is 0. The molecule has 2 aliphatic rings. The molecule has 3 aromatic heterocycles. The predicted octanol–water partition coefficient (Wildman–Crippen LogP) is 10.1. The highest BCUT2D eigenvalue weighted by molar-refractivity contribution is 7.25. The average Bonchev–Trinajstić information content (AvgIpc) is 3.60. The standard InChI is InChI=1S/C30H24S3/c1-15-5-7-19(8-6-15)26-9-10-27(32-26)28-14-23-18(4)21-12-24-20(13-25(21)30(23)33-28)17(3)22-11-16(2)31-29(22)24/h5-14,17-18H,1-4H3. The number of hydrogen-bond acceptors (Lipinski definition) is 3. The molecule has 0 spiro atoms. The molecular formula is C30H24S3. The molecule has 0 saturated carbocycles. The molecule has 162 valence electrons. The molecule has 2 aromatic carbocycles. The van der Waals surface area contributed by atoms with Gasteiger partial charge in [0.15, 0.2) is 0 Å². The third-order valence-electron chi connectivity index (χ3n) is 7.41. The Morgan fingerprint density at radius 3 is 1.85 bits per heavy atom. The third-order valence-corrected chi connectivity index (χ3v) is 11.0. The fourth-order valence-corrected chi connectivity index (χ4v) is 9.08. The first-order valence-corrected chi connectivity index (χ1v) is 14.0. The van der Waals surface area contributed by atoms with Crippen LogP contribution in [-0.2, 0) is 0 Å². The lowest BCUT2D eigenvalue weighted by atomic mass is 9.93. The van der Waals surface area contributed by atoms with Gasteiger partial charge in [0, 0.05) is 41.1 Å². The molecule has 0 bridgehead atoms. The van der Waals surface area contributed by atoms with Gasteiger partial charge in [0.05, 0.1) is 0 Å². The van der Waals surface area contributed by atoms with Gasteiger partial charge in [0.2, 0.25) is 0 Å². The van der Waals surface area contributed by atoms with Crippen LogP contribution < -0.4 is 0 Å². The normalized spacial score (nSPS) is 17.7. The maximum Gasteiger partial charge on any atom is 0.0452 e. The molecule has 0 aliphatic heterocycles. The van der Waals surface area contributed by atoms with E-state index in [0.29, 0.717) is 11.8 Å². The topological polar surface area (TPSA) is 0 Å². The Morgan fingerprint density at radius 1 is 0.545 bits per heavy atom. The van der Waals surface area contributed by atoms with Crippen LogP contribution in [0, 0.1) is 13.8 Å². The van der Waals surface area contributed by atoms with Crippen molar-refractivity contribution in [3.05, 3.63) is 93.4 Å². The lowest BCUT2D eigenvalue weighted by molar-refractivity contribution is 0.945. The van der Waals surface area contributed by atoms with Gasteiger partial charge in [-0.3, -0.25) is 0 Å². The van der Waals surface area contributed by atoms with E-state index >= 15 is 0 Å². The Morgan fingerprint density at radius 2 is 1.15 bits per heavy atom. The highest BCUT2D eigenvalue weighted by Gasteiger charge is 2.34. The summed E-state index contributed by atoms with van der Waals surface area (Å²) in [6, 6.07) is 23.4. The maximum atomic E-state index is 2.52. The van der Waals surface area contributed by atoms with Crippen molar-refractivity contribution in [3.63, 3.8) is 0 Å². The number of fused-ring (bicyclic) bond motifs is 6. The molecule has 3 heteroatoms. The van der Waals surface area contributed by atoms with E-state index in [1.54, 1.807) is 0 Å². The molecule has 0 fully saturated rings. The second-order valence-electron chi connectivity index (χ2n) is 9.54. The molecule has 0 saturated heterocycles. The van der Waals surface area contributed by atoms with Crippen molar-refractivity contribution in [2.45, 2.75) is 39.5 Å². The zero-order valence-corrected chi connectivity index (χ0v) is 21.6. The lowest BCUT2D eigenvalue weighted by Crippen LogP contribution is -1.93. The predicted molar refractivity (Wildman–Crippen MR) is 146 cm³/mol. The van der Waals surface area contributed by atoms with Gasteiger partial charge < -0.3 is 0 Å². The SMILES string of the molecule is Cc1ccc(-c2ccc(-c3cc4c(s3)-c3cc5c(cc3C4C)-c3sc(C)cc3C5C)s2)cc1. The van der Waals surface area contributed by atoms with Crippen molar-refractivity contribution in [1.29, 1.82) is 0 Å². The largest absolute Gasteiger partial charge is 0.140 e. The summed E-state index contributed by atoms with van der Waals surface area (Å²) in [6.45, 7) is 9.14. The second kappa shape index (κ2) is 7.02. The lowest BCUT2D eigenvalue weighted by Gasteiger charge is -2.12. The van der Waals surface area contributed by atoms with Gasteiger partial charge in [-0.25, -0.2) is 0 Å². The van der Waals surface area contributed by atoms with Crippen molar-refractivity contribution >= 4 is 34.0 Å². The first kappa shape index (κ1) is 20.0. The van der Waals surface area contributed by atoms with Crippen LogP contribution in [-0.4, -0.2) is 0 Å². The van der Waals surface area contributed by atoms with Gasteiger partial charge in [-0.15, -0.1) is 34.0 Å². The van der Waals surface area contributed by atoms with Crippen LogP contribution in [0.3, 0.4) is 0 Å². The van der Waals surface area contributed by atoms with Gasteiger partial charge in [-0.1, -0.05) is 43.7 Å². The molecule has 0 radical (unpaired) electrons. The van der Waals surface area contributed by atoms with Gasteiger partial charge in [-0.2, -0.15) is 0 Å². The van der Waals surface area contributed by atoms with Crippen LogP contribution in [0.2, 0.25) is 0 Å². The second-order valence-corrected chi connectivity index (χ2v) is 12.9. The van der Waals surface area contributed by atoms with E-state index in [1.165, 1.54) is 73.8 Å². The van der Waals surface area contributed by atoms with Gasteiger partial charge >= 0.3 is 0 Å². The summed E-state index contributed by atoms with van der Waals surface area (Å²) in [5, 5.41) is 0. The number of thiophene rings is 3. The Hall–Kier alpha value is -2.46. The van der Waals surface area contributed by atoms with Gasteiger partial charge in [-0.05, 0) is 89.2 Å². The smallest absolute Gasteiger partial charge is 0.0452 e. The summed E-state index contributed by atoms with van der Waals surface area (Å²) < 4.78 is 0. The minimum atomic E-state index is 0.460. The first-order chi connectivity index (χ1) is 16.0. The third kappa shape index (κ3) is 2.86. The van der Waals surface area contributed by atoms with E-state index in [1.807, 2.05) is 34.0 Å². The van der Waals surface area contributed by atoms with Crippen molar-refractivity contribution in [1.82, 2.24) is 0 Å². The van der Waals surface area contributed by atoms with E-state index in [-0.39, 0.29) is 0 Å². The molecule has 7 rings (SSSR count). The van der Waals surface area contributed by atoms with E-state index in [0.717, 1.165) is 0 Å². The van der Waals surface area contributed by atoms with Gasteiger partial charge in [0.25, 0.3) is 0 Å². The maximum absolute atomic E-state index is 2.52. The Balaban J connectivity index is 1.29. The molecule has 2 atom stereocenters. The molecule has 0 nitrogen and oxygen atoms in total. The summed E-state index contributed by atoms with van der Waals surface area (Å²) in [5.41, 5.74) is 11.6. The molecule has 5 aromatic rings. The molecule has 2 unspecified atom stereocenters. The summed E-state index contributed by atoms with van der Waals surface area (Å²) in [4.78, 5) is 8.55. The van der Waals surface area contributed by atoms with Crippen LogP contribution in [0.15, 0.2) is 60.7 Å². The van der Waals surface area contributed by atoms with Crippen molar-refractivity contribution in [2.75, 3.05) is 0 Å².